The first kappa shape index (κ1) is 13.2. The van der Waals surface area contributed by atoms with Crippen LogP contribution < -0.4 is 4.90 Å². The molecule has 0 aromatic heterocycles. The van der Waals surface area contributed by atoms with Gasteiger partial charge in [-0.3, -0.25) is 4.90 Å². The molecule has 0 spiro atoms. The Bertz CT molecular complexity index is 467. The Morgan fingerprint density at radius 1 is 1.56 bits per heavy atom. The molecule has 0 saturated carbocycles. The number of benzene rings is 1. The van der Waals surface area contributed by atoms with Gasteiger partial charge in [-0.15, -0.1) is 0 Å². The van der Waals surface area contributed by atoms with Crippen molar-refractivity contribution in [3.8, 4) is 6.07 Å². The van der Waals surface area contributed by atoms with Crippen LogP contribution in [0.2, 0.25) is 5.02 Å². The molecule has 1 aliphatic heterocycles. The third-order valence-corrected chi connectivity index (χ3v) is 3.84. The molecule has 0 N–H and O–H groups in total. The normalized spacial score (nSPS) is 19.3. The molecule has 0 bridgehead atoms. The SMILES string of the molecule is Cc1cc(Cl)ccc1N1CCC(N(C)CC#N)C1. The zero-order chi connectivity index (χ0) is 13.1. The molecule has 0 aliphatic carbocycles. The fourth-order valence-corrected chi connectivity index (χ4v) is 2.76. The highest BCUT2D eigenvalue weighted by Gasteiger charge is 2.26. The van der Waals surface area contributed by atoms with Crippen LogP contribution in [0.4, 0.5) is 5.69 Å². The first-order valence-electron chi connectivity index (χ1n) is 6.20. The monoisotopic (exact) mass is 263 g/mol. The summed E-state index contributed by atoms with van der Waals surface area (Å²) in [5.74, 6) is 0. The van der Waals surface area contributed by atoms with E-state index in [4.69, 9.17) is 16.9 Å². The number of hydrogen-bond donors (Lipinski definition) is 0. The summed E-state index contributed by atoms with van der Waals surface area (Å²) in [7, 11) is 2.02. The van der Waals surface area contributed by atoms with Crippen molar-refractivity contribution < 1.29 is 0 Å². The molecule has 3 nitrogen and oxygen atoms in total. The highest BCUT2D eigenvalue weighted by molar-refractivity contribution is 6.30. The third-order valence-electron chi connectivity index (χ3n) is 3.61. The molecule has 1 fully saturated rings. The molecule has 96 valence electrons. The Labute approximate surface area is 114 Å². The quantitative estimate of drug-likeness (QED) is 0.786. The molecular weight excluding hydrogens is 246 g/mol. The number of hydrogen-bond acceptors (Lipinski definition) is 3. The maximum absolute atomic E-state index is 8.73. The van der Waals surface area contributed by atoms with E-state index in [9.17, 15) is 0 Å². The molecule has 1 aromatic carbocycles. The molecule has 1 unspecified atom stereocenters. The number of halogens is 1. The molecule has 1 atom stereocenters. The van der Waals surface area contributed by atoms with E-state index >= 15 is 0 Å². The van der Waals surface area contributed by atoms with Gasteiger partial charge >= 0.3 is 0 Å². The molecule has 1 aromatic rings. The van der Waals surface area contributed by atoms with Crippen molar-refractivity contribution in [2.24, 2.45) is 0 Å². The van der Waals surface area contributed by atoms with E-state index in [1.165, 1.54) is 11.3 Å². The zero-order valence-corrected chi connectivity index (χ0v) is 11.6. The molecule has 0 radical (unpaired) electrons. The second-order valence-corrected chi connectivity index (χ2v) is 5.33. The first-order valence-corrected chi connectivity index (χ1v) is 6.58. The van der Waals surface area contributed by atoms with Crippen LogP contribution in [0.15, 0.2) is 18.2 Å². The van der Waals surface area contributed by atoms with Gasteiger partial charge in [0.1, 0.15) is 0 Å². The minimum atomic E-state index is 0.472. The lowest BCUT2D eigenvalue weighted by molar-refractivity contribution is 0.289. The van der Waals surface area contributed by atoms with Gasteiger partial charge in [0, 0.05) is 29.8 Å². The summed E-state index contributed by atoms with van der Waals surface area (Å²) in [4.78, 5) is 4.51. The highest BCUT2D eigenvalue weighted by Crippen LogP contribution is 2.27. The van der Waals surface area contributed by atoms with E-state index in [1.807, 2.05) is 19.2 Å². The maximum atomic E-state index is 8.73. The van der Waals surface area contributed by atoms with Crippen molar-refractivity contribution in [1.82, 2.24) is 4.90 Å². The van der Waals surface area contributed by atoms with Gasteiger partial charge in [-0.25, -0.2) is 0 Å². The average molecular weight is 264 g/mol. The predicted octanol–water partition coefficient (Wildman–Crippen LogP) is 2.68. The van der Waals surface area contributed by atoms with Crippen molar-refractivity contribution in [3.63, 3.8) is 0 Å². The predicted molar refractivity (Wildman–Crippen MR) is 75.1 cm³/mol. The lowest BCUT2D eigenvalue weighted by Crippen LogP contribution is -2.34. The fraction of sp³-hybridized carbons (Fsp3) is 0.500. The second-order valence-electron chi connectivity index (χ2n) is 4.89. The molecular formula is C14H18ClN3. The van der Waals surface area contributed by atoms with Crippen LogP contribution in [0.1, 0.15) is 12.0 Å². The van der Waals surface area contributed by atoms with Gasteiger partial charge in [0.2, 0.25) is 0 Å². The largest absolute Gasteiger partial charge is 0.370 e. The number of aryl methyl sites for hydroxylation is 1. The number of anilines is 1. The van der Waals surface area contributed by atoms with Crippen molar-refractivity contribution in [2.45, 2.75) is 19.4 Å². The molecule has 1 saturated heterocycles. The van der Waals surface area contributed by atoms with Gasteiger partial charge in [-0.05, 0) is 44.2 Å². The van der Waals surface area contributed by atoms with E-state index in [2.05, 4.69) is 28.9 Å². The summed E-state index contributed by atoms with van der Waals surface area (Å²) in [5.41, 5.74) is 2.47. The lowest BCUT2D eigenvalue weighted by atomic mass is 10.2. The minimum absolute atomic E-state index is 0.472. The van der Waals surface area contributed by atoms with Crippen molar-refractivity contribution in [3.05, 3.63) is 28.8 Å². The van der Waals surface area contributed by atoms with E-state index in [0.717, 1.165) is 24.5 Å². The van der Waals surface area contributed by atoms with E-state index in [-0.39, 0.29) is 0 Å². The summed E-state index contributed by atoms with van der Waals surface area (Å²) in [5, 5.41) is 9.52. The fourth-order valence-electron chi connectivity index (χ4n) is 2.53. The van der Waals surface area contributed by atoms with Crippen LogP contribution in [0.3, 0.4) is 0 Å². The van der Waals surface area contributed by atoms with E-state index < -0.39 is 0 Å². The Morgan fingerprint density at radius 2 is 2.33 bits per heavy atom. The van der Waals surface area contributed by atoms with Crippen LogP contribution in [-0.2, 0) is 0 Å². The molecule has 0 amide bonds. The molecule has 4 heteroatoms. The Kier molecular flexibility index (Phi) is 4.11. The Morgan fingerprint density at radius 3 is 3.00 bits per heavy atom. The summed E-state index contributed by atoms with van der Waals surface area (Å²) in [6.45, 7) is 4.62. The van der Waals surface area contributed by atoms with Crippen molar-refractivity contribution >= 4 is 17.3 Å². The smallest absolute Gasteiger partial charge is 0.0866 e. The molecule has 18 heavy (non-hydrogen) atoms. The van der Waals surface area contributed by atoms with Gasteiger partial charge in [0.05, 0.1) is 12.6 Å². The maximum Gasteiger partial charge on any atom is 0.0866 e. The van der Waals surface area contributed by atoms with Crippen molar-refractivity contribution in [1.29, 1.82) is 5.26 Å². The second kappa shape index (κ2) is 5.60. The first-order chi connectivity index (χ1) is 8.61. The number of nitriles is 1. The summed E-state index contributed by atoms with van der Waals surface area (Å²) >= 11 is 5.98. The van der Waals surface area contributed by atoms with Crippen LogP contribution in [-0.4, -0.2) is 37.6 Å². The zero-order valence-electron chi connectivity index (χ0n) is 10.9. The summed E-state index contributed by atoms with van der Waals surface area (Å²) < 4.78 is 0. The van der Waals surface area contributed by atoms with E-state index in [1.54, 1.807) is 0 Å². The van der Waals surface area contributed by atoms with Gasteiger partial charge in [0.25, 0.3) is 0 Å². The Hall–Kier alpha value is -1.24. The van der Waals surface area contributed by atoms with Crippen molar-refractivity contribution in [2.75, 3.05) is 31.6 Å². The van der Waals surface area contributed by atoms with E-state index in [0.29, 0.717) is 12.6 Å². The molecule has 2 rings (SSSR count). The number of nitrogens with zero attached hydrogens (tertiary/aromatic N) is 3. The van der Waals surface area contributed by atoms with Crippen LogP contribution in [0.5, 0.6) is 0 Å². The Balaban J connectivity index is 2.07. The summed E-state index contributed by atoms with van der Waals surface area (Å²) in [6, 6.07) is 8.71. The third kappa shape index (κ3) is 2.77. The standard InChI is InChI=1S/C14H18ClN3/c1-11-9-12(15)3-4-14(11)18-7-5-13(10-18)17(2)8-6-16/h3-4,9,13H,5,7-8,10H2,1-2H3. The lowest BCUT2D eigenvalue weighted by Gasteiger charge is -2.24. The summed E-state index contributed by atoms with van der Waals surface area (Å²) in [6.07, 6.45) is 1.11. The minimum Gasteiger partial charge on any atom is -0.370 e. The van der Waals surface area contributed by atoms with Gasteiger partial charge in [-0.2, -0.15) is 5.26 Å². The molecule has 1 aliphatic rings. The van der Waals surface area contributed by atoms with Crippen LogP contribution >= 0.6 is 11.6 Å². The topological polar surface area (TPSA) is 30.3 Å². The van der Waals surface area contributed by atoms with Crippen LogP contribution in [0, 0.1) is 18.3 Å². The number of rotatable bonds is 3. The number of likely N-dealkylation sites (N-methyl/N-ethyl adjacent to an activating group) is 1. The van der Waals surface area contributed by atoms with Gasteiger partial charge < -0.3 is 4.90 Å². The highest BCUT2D eigenvalue weighted by atomic mass is 35.5. The van der Waals surface area contributed by atoms with Gasteiger partial charge in [0.15, 0.2) is 0 Å². The molecule has 1 heterocycles. The van der Waals surface area contributed by atoms with Gasteiger partial charge in [-0.1, -0.05) is 11.6 Å². The average Bonchev–Trinajstić information content (AvgIpc) is 2.78. The van der Waals surface area contributed by atoms with Crippen LogP contribution in [0.25, 0.3) is 0 Å².